The van der Waals surface area contributed by atoms with Gasteiger partial charge < -0.3 is 4.57 Å². The first-order chi connectivity index (χ1) is 11.6. The van der Waals surface area contributed by atoms with E-state index in [4.69, 9.17) is 0 Å². The van der Waals surface area contributed by atoms with Crippen molar-refractivity contribution in [3.63, 3.8) is 0 Å². The number of carbonyl (C=O) groups is 1. The standard InChI is InChI=1S/C19H19N3OS/c1-19(6-7-19)17-13-24-18(21-17)11-16(23)15-3-2-10-22(15)12-14-4-8-20-9-5-14/h2-5,8-10,13H,6-7,11-12H2,1H3. The second-order valence-electron chi connectivity index (χ2n) is 6.66. The fourth-order valence-electron chi connectivity index (χ4n) is 2.83. The fourth-order valence-corrected chi connectivity index (χ4v) is 3.78. The third kappa shape index (κ3) is 3.04. The van der Waals surface area contributed by atoms with Gasteiger partial charge >= 0.3 is 0 Å². The van der Waals surface area contributed by atoms with E-state index in [2.05, 4.69) is 22.3 Å². The normalized spacial score (nSPS) is 15.4. The molecule has 1 aliphatic carbocycles. The highest BCUT2D eigenvalue weighted by atomic mass is 32.1. The van der Waals surface area contributed by atoms with E-state index in [0.29, 0.717) is 13.0 Å². The van der Waals surface area contributed by atoms with Crippen molar-refractivity contribution in [3.05, 3.63) is 70.2 Å². The lowest BCUT2D eigenvalue weighted by Crippen LogP contribution is -2.12. The maximum Gasteiger partial charge on any atom is 0.186 e. The Morgan fingerprint density at radius 1 is 1.29 bits per heavy atom. The zero-order valence-electron chi connectivity index (χ0n) is 13.6. The summed E-state index contributed by atoms with van der Waals surface area (Å²) in [6.45, 7) is 2.92. The average molecular weight is 337 g/mol. The Morgan fingerprint density at radius 3 is 2.83 bits per heavy atom. The molecule has 0 atom stereocenters. The van der Waals surface area contributed by atoms with E-state index in [0.717, 1.165) is 22.0 Å². The molecule has 1 fully saturated rings. The van der Waals surface area contributed by atoms with Crippen molar-refractivity contribution in [2.45, 2.75) is 38.1 Å². The number of aromatic nitrogens is 3. The minimum atomic E-state index is 0.121. The molecule has 3 aromatic rings. The smallest absolute Gasteiger partial charge is 0.186 e. The van der Waals surface area contributed by atoms with Crippen LogP contribution in [0.25, 0.3) is 0 Å². The Labute approximate surface area is 145 Å². The molecule has 0 saturated heterocycles. The molecular weight excluding hydrogens is 318 g/mol. The highest BCUT2D eigenvalue weighted by Gasteiger charge is 2.41. The average Bonchev–Trinajstić information content (AvgIpc) is 3.01. The number of nitrogens with zero attached hydrogens (tertiary/aromatic N) is 3. The van der Waals surface area contributed by atoms with Gasteiger partial charge in [0.05, 0.1) is 17.8 Å². The zero-order chi connectivity index (χ0) is 16.6. The topological polar surface area (TPSA) is 47.8 Å². The number of hydrogen-bond acceptors (Lipinski definition) is 4. The number of rotatable bonds is 6. The summed E-state index contributed by atoms with van der Waals surface area (Å²) < 4.78 is 1.99. The summed E-state index contributed by atoms with van der Waals surface area (Å²) in [7, 11) is 0. The molecule has 0 radical (unpaired) electrons. The van der Waals surface area contributed by atoms with Crippen LogP contribution in [0.5, 0.6) is 0 Å². The van der Waals surface area contributed by atoms with Crippen LogP contribution in [0.1, 0.15) is 46.5 Å². The first-order valence-electron chi connectivity index (χ1n) is 8.16. The molecule has 24 heavy (non-hydrogen) atoms. The Morgan fingerprint density at radius 2 is 2.08 bits per heavy atom. The molecule has 122 valence electrons. The summed E-state index contributed by atoms with van der Waals surface area (Å²) in [5.74, 6) is 0.121. The lowest BCUT2D eigenvalue weighted by Gasteiger charge is -2.08. The van der Waals surface area contributed by atoms with Crippen LogP contribution >= 0.6 is 11.3 Å². The lowest BCUT2D eigenvalue weighted by atomic mass is 10.1. The molecule has 3 heterocycles. The minimum absolute atomic E-state index is 0.121. The SMILES string of the molecule is CC1(c2csc(CC(=O)c3cccn3Cc3ccncc3)n2)CC1. The van der Waals surface area contributed by atoms with Gasteiger partial charge in [-0.15, -0.1) is 11.3 Å². The van der Waals surface area contributed by atoms with Crippen molar-refractivity contribution in [1.82, 2.24) is 14.5 Å². The van der Waals surface area contributed by atoms with E-state index in [1.54, 1.807) is 23.7 Å². The van der Waals surface area contributed by atoms with Crippen molar-refractivity contribution in [2.75, 3.05) is 0 Å². The molecule has 3 aromatic heterocycles. The van der Waals surface area contributed by atoms with E-state index in [1.807, 2.05) is 35.0 Å². The maximum absolute atomic E-state index is 12.7. The molecule has 0 spiro atoms. The van der Waals surface area contributed by atoms with Gasteiger partial charge in [-0.3, -0.25) is 9.78 Å². The van der Waals surface area contributed by atoms with Crippen molar-refractivity contribution < 1.29 is 4.79 Å². The van der Waals surface area contributed by atoms with E-state index in [-0.39, 0.29) is 11.2 Å². The van der Waals surface area contributed by atoms with Gasteiger partial charge in [-0.1, -0.05) is 6.92 Å². The summed E-state index contributed by atoms with van der Waals surface area (Å²) in [5, 5.41) is 3.03. The van der Waals surface area contributed by atoms with Crippen LogP contribution in [0.15, 0.2) is 48.2 Å². The van der Waals surface area contributed by atoms with Crippen molar-refractivity contribution in [2.24, 2.45) is 0 Å². The van der Waals surface area contributed by atoms with Crippen molar-refractivity contribution >= 4 is 17.1 Å². The van der Waals surface area contributed by atoms with Gasteiger partial charge in [-0.25, -0.2) is 4.98 Å². The number of Topliss-reactive ketones (excluding diaryl/α,β-unsaturated/α-hetero) is 1. The molecule has 0 unspecified atom stereocenters. The quantitative estimate of drug-likeness (QED) is 0.642. The van der Waals surface area contributed by atoms with Gasteiger partial charge in [0.25, 0.3) is 0 Å². The summed E-state index contributed by atoms with van der Waals surface area (Å²) >= 11 is 1.60. The maximum atomic E-state index is 12.7. The van der Waals surface area contributed by atoms with Crippen LogP contribution in [0.4, 0.5) is 0 Å². The molecule has 0 aromatic carbocycles. The molecule has 4 nitrogen and oxygen atoms in total. The third-order valence-corrected chi connectivity index (χ3v) is 5.55. The number of thiazole rings is 1. The molecular formula is C19H19N3OS. The third-order valence-electron chi connectivity index (χ3n) is 4.70. The summed E-state index contributed by atoms with van der Waals surface area (Å²) in [5.41, 5.74) is 3.29. The predicted molar refractivity (Wildman–Crippen MR) is 94.5 cm³/mol. The first-order valence-corrected chi connectivity index (χ1v) is 9.04. The van der Waals surface area contributed by atoms with Gasteiger partial charge in [0.15, 0.2) is 5.78 Å². The molecule has 1 aliphatic rings. The second kappa shape index (κ2) is 5.98. The summed E-state index contributed by atoms with van der Waals surface area (Å²) in [6, 6.07) is 7.75. The van der Waals surface area contributed by atoms with Crippen LogP contribution in [0.3, 0.4) is 0 Å². The fraction of sp³-hybridized carbons (Fsp3) is 0.316. The van der Waals surface area contributed by atoms with Gasteiger partial charge in [0.1, 0.15) is 5.01 Å². The van der Waals surface area contributed by atoms with Gasteiger partial charge in [-0.05, 0) is 42.7 Å². The van der Waals surface area contributed by atoms with Crippen LogP contribution in [-0.2, 0) is 18.4 Å². The Bertz CT molecular complexity index is 862. The van der Waals surface area contributed by atoms with Gasteiger partial charge in [-0.2, -0.15) is 0 Å². The molecule has 0 aliphatic heterocycles. The van der Waals surface area contributed by atoms with Crippen LogP contribution in [-0.4, -0.2) is 20.3 Å². The minimum Gasteiger partial charge on any atom is -0.341 e. The van der Waals surface area contributed by atoms with Gasteiger partial charge in [0.2, 0.25) is 0 Å². The lowest BCUT2D eigenvalue weighted by molar-refractivity contribution is 0.0984. The second-order valence-corrected chi connectivity index (χ2v) is 7.61. The summed E-state index contributed by atoms with van der Waals surface area (Å²) in [4.78, 5) is 21.4. The van der Waals surface area contributed by atoms with E-state index >= 15 is 0 Å². The van der Waals surface area contributed by atoms with Crippen molar-refractivity contribution in [1.29, 1.82) is 0 Å². The van der Waals surface area contributed by atoms with Crippen LogP contribution < -0.4 is 0 Å². The van der Waals surface area contributed by atoms with Gasteiger partial charge in [0, 0.05) is 35.9 Å². The largest absolute Gasteiger partial charge is 0.341 e. The summed E-state index contributed by atoms with van der Waals surface area (Å²) in [6.07, 6.45) is 8.29. The number of ketones is 1. The van der Waals surface area contributed by atoms with E-state index in [9.17, 15) is 4.79 Å². The number of pyridine rings is 1. The molecule has 4 rings (SSSR count). The Kier molecular flexibility index (Phi) is 3.81. The zero-order valence-corrected chi connectivity index (χ0v) is 14.4. The van der Waals surface area contributed by atoms with Crippen LogP contribution in [0.2, 0.25) is 0 Å². The molecule has 5 heteroatoms. The Hall–Kier alpha value is -2.27. The predicted octanol–water partition coefficient (Wildman–Crippen LogP) is 3.86. The monoisotopic (exact) mass is 337 g/mol. The first kappa shape index (κ1) is 15.3. The molecule has 0 bridgehead atoms. The Balaban J connectivity index is 1.49. The van der Waals surface area contributed by atoms with Crippen LogP contribution in [0, 0.1) is 0 Å². The molecule has 0 N–H and O–H groups in total. The highest BCUT2D eigenvalue weighted by molar-refractivity contribution is 7.09. The molecule has 0 amide bonds. The van der Waals surface area contributed by atoms with Crippen molar-refractivity contribution in [3.8, 4) is 0 Å². The molecule has 1 saturated carbocycles. The number of carbonyl (C=O) groups excluding carboxylic acids is 1. The highest BCUT2D eigenvalue weighted by Crippen LogP contribution is 2.47. The van der Waals surface area contributed by atoms with E-state index in [1.165, 1.54) is 12.8 Å². The van der Waals surface area contributed by atoms with E-state index < -0.39 is 0 Å². The number of hydrogen-bond donors (Lipinski definition) is 0.